The molecule has 0 radical (unpaired) electrons. The van der Waals surface area contributed by atoms with Gasteiger partial charge in [0.1, 0.15) is 28.9 Å². The average Bonchev–Trinajstić information content (AvgIpc) is 3.16. The maximum absolute atomic E-state index is 12.3. The fraction of sp³-hybridized carbons (Fsp3) is 0. The van der Waals surface area contributed by atoms with Gasteiger partial charge in [-0.1, -0.05) is 11.6 Å². The van der Waals surface area contributed by atoms with Crippen LogP contribution in [0.2, 0.25) is 5.02 Å². The number of phenolic OH excluding ortho intramolecular Hbond substituents is 1. The van der Waals surface area contributed by atoms with Crippen LogP contribution in [-0.4, -0.2) is 15.9 Å². The van der Waals surface area contributed by atoms with E-state index in [-0.39, 0.29) is 22.7 Å². The lowest BCUT2D eigenvalue weighted by Crippen LogP contribution is -2.13. The third-order valence-corrected chi connectivity index (χ3v) is 4.10. The number of nitro benzene ring substituents is 1. The van der Waals surface area contributed by atoms with Crippen molar-refractivity contribution in [3.8, 4) is 23.1 Å². The maximum atomic E-state index is 12.3. The molecule has 2 aromatic carbocycles. The number of amides is 1. The molecule has 0 spiro atoms. The molecule has 0 atom stereocenters. The van der Waals surface area contributed by atoms with E-state index in [2.05, 4.69) is 5.32 Å². The number of anilines is 1. The molecule has 3 aromatic rings. The van der Waals surface area contributed by atoms with Gasteiger partial charge in [0.2, 0.25) is 0 Å². The molecular weight excluding hydrogens is 398 g/mol. The van der Waals surface area contributed by atoms with E-state index in [1.807, 2.05) is 0 Å². The number of furan rings is 1. The molecule has 0 aliphatic carbocycles. The first-order valence-electron chi connectivity index (χ1n) is 8.13. The Labute approximate surface area is 169 Å². The van der Waals surface area contributed by atoms with Gasteiger partial charge in [-0.2, -0.15) is 5.26 Å². The molecule has 3 rings (SSSR count). The summed E-state index contributed by atoms with van der Waals surface area (Å²) in [5, 5.41) is 32.7. The second-order valence-corrected chi connectivity index (χ2v) is 6.23. The Hall–Kier alpha value is -4.09. The minimum absolute atomic E-state index is 0.0666. The quantitative estimate of drug-likeness (QED) is 0.205. The van der Waals surface area contributed by atoms with Gasteiger partial charge < -0.3 is 14.8 Å². The van der Waals surface area contributed by atoms with Crippen LogP contribution in [0.3, 0.4) is 0 Å². The first-order valence-corrected chi connectivity index (χ1v) is 8.51. The van der Waals surface area contributed by atoms with E-state index in [9.17, 15) is 25.3 Å². The SMILES string of the molecule is N#CC(=Cc1ccc(-c2ccc(Cl)cc2)o1)C(=O)Nc1ccc([N+](=O)[O-])cc1O. The van der Waals surface area contributed by atoms with Crippen molar-refractivity contribution in [2.45, 2.75) is 0 Å². The van der Waals surface area contributed by atoms with Crippen molar-refractivity contribution in [3.05, 3.63) is 81.1 Å². The smallest absolute Gasteiger partial charge is 0.273 e. The highest BCUT2D eigenvalue weighted by atomic mass is 35.5. The molecule has 2 N–H and O–H groups in total. The Kier molecular flexibility index (Phi) is 5.62. The molecule has 0 bridgehead atoms. The number of non-ortho nitro benzene ring substituents is 1. The maximum Gasteiger partial charge on any atom is 0.273 e. The predicted molar refractivity (Wildman–Crippen MR) is 106 cm³/mol. The number of nitrogens with zero attached hydrogens (tertiary/aromatic N) is 2. The van der Waals surface area contributed by atoms with E-state index in [1.165, 1.54) is 12.1 Å². The number of hydrogen-bond acceptors (Lipinski definition) is 6. The molecule has 0 aliphatic heterocycles. The molecule has 9 heteroatoms. The summed E-state index contributed by atoms with van der Waals surface area (Å²) in [6, 6.07) is 15.2. The molecule has 1 amide bonds. The third kappa shape index (κ3) is 4.61. The molecule has 8 nitrogen and oxygen atoms in total. The van der Waals surface area contributed by atoms with Gasteiger partial charge in [0, 0.05) is 22.7 Å². The molecule has 0 aliphatic rings. The van der Waals surface area contributed by atoms with Gasteiger partial charge in [0.15, 0.2) is 0 Å². The van der Waals surface area contributed by atoms with Crippen molar-refractivity contribution in [1.82, 2.24) is 0 Å². The molecule has 144 valence electrons. The summed E-state index contributed by atoms with van der Waals surface area (Å²) in [7, 11) is 0. The normalized spacial score (nSPS) is 11.0. The zero-order valence-corrected chi connectivity index (χ0v) is 15.4. The average molecular weight is 410 g/mol. The molecule has 0 unspecified atom stereocenters. The highest BCUT2D eigenvalue weighted by Gasteiger charge is 2.15. The summed E-state index contributed by atoms with van der Waals surface area (Å²) < 4.78 is 5.63. The summed E-state index contributed by atoms with van der Waals surface area (Å²) in [6.45, 7) is 0. The zero-order valence-electron chi connectivity index (χ0n) is 14.6. The number of aromatic hydroxyl groups is 1. The molecule has 1 heterocycles. The van der Waals surface area contributed by atoms with Gasteiger partial charge in [0.25, 0.3) is 11.6 Å². The van der Waals surface area contributed by atoms with E-state index in [0.717, 1.165) is 17.7 Å². The van der Waals surface area contributed by atoms with Gasteiger partial charge in [-0.15, -0.1) is 0 Å². The van der Waals surface area contributed by atoms with Crippen LogP contribution < -0.4 is 5.32 Å². The van der Waals surface area contributed by atoms with E-state index in [0.29, 0.717) is 10.8 Å². The van der Waals surface area contributed by atoms with Crippen molar-refractivity contribution >= 4 is 35.0 Å². The zero-order chi connectivity index (χ0) is 21.0. The van der Waals surface area contributed by atoms with Crippen molar-refractivity contribution in [2.75, 3.05) is 5.32 Å². The van der Waals surface area contributed by atoms with E-state index >= 15 is 0 Å². The van der Waals surface area contributed by atoms with Crippen molar-refractivity contribution in [1.29, 1.82) is 5.26 Å². The number of halogens is 1. The lowest BCUT2D eigenvalue weighted by Gasteiger charge is -2.06. The largest absolute Gasteiger partial charge is 0.506 e. The van der Waals surface area contributed by atoms with Gasteiger partial charge in [-0.3, -0.25) is 14.9 Å². The number of nitrogens with one attached hydrogen (secondary N) is 1. The van der Waals surface area contributed by atoms with Crippen molar-refractivity contribution in [2.24, 2.45) is 0 Å². The van der Waals surface area contributed by atoms with E-state index in [1.54, 1.807) is 42.5 Å². The number of phenols is 1. The Balaban J connectivity index is 1.80. The number of nitro groups is 1. The molecule has 29 heavy (non-hydrogen) atoms. The van der Waals surface area contributed by atoms with E-state index < -0.39 is 16.6 Å². The topological polar surface area (TPSA) is 129 Å². The Morgan fingerprint density at radius 3 is 2.55 bits per heavy atom. The van der Waals surface area contributed by atoms with E-state index in [4.69, 9.17) is 16.0 Å². The van der Waals surface area contributed by atoms with Crippen LogP contribution in [0, 0.1) is 21.4 Å². The lowest BCUT2D eigenvalue weighted by atomic mass is 10.2. The second kappa shape index (κ2) is 8.29. The third-order valence-electron chi connectivity index (χ3n) is 3.85. The molecule has 0 fully saturated rings. The summed E-state index contributed by atoms with van der Waals surface area (Å²) in [5.74, 6) is -0.498. The second-order valence-electron chi connectivity index (χ2n) is 5.79. The fourth-order valence-electron chi connectivity index (χ4n) is 2.42. The highest BCUT2D eigenvalue weighted by molar-refractivity contribution is 6.30. The summed E-state index contributed by atoms with van der Waals surface area (Å²) in [4.78, 5) is 22.4. The standard InChI is InChI=1S/C20H12ClN3O5/c21-14-3-1-12(2-4-14)19-8-6-16(29-19)9-13(11-22)20(26)23-17-7-5-15(24(27)28)10-18(17)25/h1-10,25H,(H,23,26). The van der Waals surface area contributed by atoms with Gasteiger partial charge >= 0.3 is 0 Å². The Bertz CT molecular complexity index is 1160. The van der Waals surface area contributed by atoms with Gasteiger partial charge in [0.05, 0.1) is 16.7 Å². The van der Waals surface area contributed by atoms with Crippen molar-refractivity contribution < 1.29 is 19.2 Å². The van der Waals surface area contributed by atoms with Crippen LogP contribution in [0.25, 0.3) is 17.4 Å². The number of rotatable bonds is 5. The first kappa shape index (κ1) is 19.7. The summed E-state index contributed by atoms with van der Waals surface area (Å²) in [6.07, 6.45) is 1.25. The van der Waals surface area contributed by atoms with Gasteiger partial charge in [-0.05, 0) is 42.5 Å². The number of hydrogen-bond donors (Lipinski definition) is 2. The summed E-state index contributed by atoms with van der Waals surface area (Å²) in [5.41, 5.74) is 0.0949. The van der Waals surface area contributed by atoms with Crippen molar-refractivity contribution in [3.63, 3.8) is 0 Å². The molecular formula is C20H12ClN3O5. The highest BCUT2D eigenvalue weighted by Crippen LogP contribution is 2.29. The lowest BCUT2D eigenvalue weighted by molar-refractivity contribution is -0.384. The van der Waals surface area contributed by atoms with Crippen LogP contribution in [-0.2, 0) is 4.79 Å². The predicted octanol–water partition coefficient (Wildman–Crippen LogP) is 4.76. The Morgan fingerprint density at radius 1 is 1.21 bits per heavy atom. The van der Waals surface area contributed by atoms with Gasteiger partial charge in [-0.25, -0.2) is 0 Å². The van der Waals surface area contributed by atoms with Crippen LogP contribution in [0.4, 0.5) is 11.4 Å². The van der Waals surface area contributed by atoms with Crippen LogP contribution in [0.15, 0.2) is 64.6 Å². The van der Waals surface area contributed by atoms with Crippen LogP contribution >= 0.6 is 11.6 Å². The minimum Gasteiger partial charge on any atom is -0.506 e. The number of nitriles is 1. The Morgan fingerprint density at radius 2 is 1.93 bits per heavy atom. The molecule has 0 saturated heterocycles. The minimum atomic E-state index is -0.805. The monoisotopic (exact) mass is 409 g/mol. The molecule has 1 aromatic heterocycles. The number of carbonyl (C=O) groups excluding carboxylic acids is 1. The molecule has 0 saturated carbocycles. The number of benzene rings is 2. The summed E-state index contributed by atoms with van der Waals surface area (Å²) >= 11 is 5.86. The van der Waals surface area contributed by atoms with Crippen LogP contribution in [0.1, 0.15) is 5.76 Å². The fourth-order valence-corrected chi connectivity index (χ4v) is 2.55. The number of carbonyl (C=O) groups is 1. The van der Waals surface area contributed by atoms with Crippen LogP contribution in [0.5, 0.6) is 5.75 Å². The first-order chi connectivity index (χ1) is 13.9.